The van der Waals surface area contributed by atoms with Crippen molar-refractivity contribution in [3.63, 3.8) is 0 Å². The lowest BCUT2D eigenvalue weighted by molar-refractivity contribution is 0.101. The van der Waals surface area contributed by atoms with Crippen molar-refractivity contribution in [1.29, 1.82) is 0 Å². The van der Waals surface area contributed by atoms with Crippen molar-refractivity contribution < 1.29 is 9.57 Å². The zero-order valence-corrected chi connectivity index (χ0v) is 7.12. The summed E-state index contributed by atoms with van der Waals surface area (Å²) in [6.45, 7) is 1.14. The molecular weight excluding hydrogens is 154 g/mol. The van der Waals surface area contributed by atoms with Crippen LogP contribution in [0.15, 0.2) is 30.3 Å². The van der Waals surface area contributed by atoms with E-state index in [1.165, 1.54) is 0 Å². The average Bonchev–Trinajstić information content (AvgIpc) is 2.14. The Kier molecular flexibility index (Phi) is 4.19. The summed E-state index contributed by atoms with van der Waals surface area (Å²) in [6.07, 6.45) is 0. The first kappa shape index (κ1) is 9.03. The summed E-state index contributed by atoms with van der Waals surface area (Å²) >= 11 is 0. The molecule has 0 radical (unpaired) electrons. The molecule has 1 rings (SSSR count). The summed E-state index contributed by atoms with van der Waals surface area (Å²) in [5.41, 5.74) is 3.75. The van der Waals surface area contributed by atoms with Crippen molar-refractivity contribution in [2.45, 2.75) is 0 Å². The maximum atomic E-state index is 5.09. The van der Waals surface area contributed by atoms with Gasteiger partial charge in [-0.3, -0.25) is 10.3 Å². The fourth-order valence-electron chi connectivity index (χ4n) is 0.766. The zero-order chi connectivity index (χ0) is 8.65. The Balaban J connectivity index is 2.16. The first-order valence-corrected chi connectivity index (χ1v) is 3.85. The van der Waals surface area contributed by atoms with Crippen molar-refractivity contribution in [3.05, 3.63) is 30.3 Å². The minimum Gasteiger partial charge on any atom is -0.382 e. The minimum absolute atomic E-state index is 0.547. The van der Waals surface area contributed by atoms with E-state index in [-0.39, 0.29) is 0 Å². The summed E-state index contributed by atoms with van der Waals surface area (Å²) in [5.74, 6) is 0. The highest BCUT2D eigenvalue weighted by molar-refractivity contribution is 5.39. The normalized spacial score (nSPS) is 9.75. The highest BCUT2D eigenvalue weighted by atomic mass is 16.7. The third-order valence-corrected chi connectivity index (χ3v) is 1.35. The first-order chi connectivity index (χ1) is 5.93. The molecule has 0 spiro atoms. The molecule has 0 aromatic heterocycles. The van der Waals surface area contributed by atoms with Crippen LogP contribution in [-0.2, 0) is 9.57 Å². The van der Waals surface area contributed by atoms with Crippen LogP contribution in [0.1, 0.15) is 0 Å². The highest BCUT2D eigenvalue weighted by Gasteiger charge is 1.87. The van der Waals surface area contributed by atoms with Gasteiger partial charge in [0.1, 0.15) is 0 Å². The predicted molar refractivity (Wildman–Crippen MR) is 47.9 cm³/mol. The number of nitrogens with one attached hydrogen (secondary N) is 1. The van der Waals surface area contributed by atoms with Crippen LogP contribution in [-0.4, -0.2) is 20.3 Å². The van der Waals surface area contributed by atoms with Gasteiger partial charge >= 0.3 is 0 Å². The molecule has 12 heavy (non-hydrogen) atoms. The van der Waals surface area contributed by atoms with Gasteiger partial charge in [-0.25, -0.2) is 0 Å². The fourth-order valence-corrected chi connectivity index (χ4v) is 0.766. The first-order valence-electron chi connectivity index (χ1n) is 3.85. The van der Waals surface area contributed by atoms with Crippen LogP contribution in [0.25, 0.3) is 0 Å². The second-order valence-electron chi connectivity index (χ2n) is 2.31. The Morgan fingerprint density at radius 2 is 1.92 bits per heavy atom. The third-order valence-electron chi connectivity index (χ3n) is 1.35. The van der Waals surface area contributed by atoms with Gasteiger partial charge in [-0.15, -0.1) is 0 Å². The van der Waals surface area contributed by atoms with E-state index in [4.69, 9.17) is 9.57 Å². The molecule has 0 bridgehead atoms. The van der Waals surface area contributed by atoms with E-state index in [2.05, 4.69) is 5.48 Å². The third kappa shape index (κ3) is 3.37. The lowest BCUT2D eigenvalue weighted by Gasteiger charge is -2.05. The lowest BCUT2D eigenvalue weighted by atomic mass is 10.3. The van der Waals surface area contributed by atoms with Crippen LogP contribution in [0.5, 0.6) is 0 Å². The number of ether oxygens (including phenoxy) is 1. The molecule has 0 aliphatic rings. The second-order valence-corrected chi connectivity index (χ2v) is 2.31. The molecule has 0 atom stereocenters. The summed E-state index contributed by atoms with van der Waals surface area (Å²) < 4.78 is 4.81. The number of benzene rings is 1. The van der Waals surface area contributed by atoms with Crippen LogP contribution in [0.2, 0.25) is 0 Å². The predicted octanol–water partition coefficient (Wildman–Crippen LogP) is 1.68. The molecule has 0 amide bonds. The van der Waals surface area contributed by atoms with Gasteiger partial charge in [0.05, 0.1) is 18.9 Å². The molecule has 66 valence electrons. The van der Waals surface area contributed by atoms with E-state index < -0.39 is 0 Å². The molecule has 0 fully saturated rings. The zero-order valence-electron chi connectivity index (χ0n) is 7.12. The molecule has 0 aliphatic heterocycles. The van der Waals surface area contributed by atoms with E-state index in [1.807, 2.05) is 30.3 Å². The van der Waals surface area contributed by atoms with Gasteiger partial charge in [0.15, 0.2) is 0 Å². The van der Waals surface area contributed by atoms with E-state index in [0.29, 0.717) is 13.2 Å². The van der Waals surface area contributed by atoms with Crippen molar-refractivity contribution in [1.82, 2.24) is 0 Å². The number of anilines is 1. The second kappa shape index (κ2) is 5.57. The van der Waals surface area contributed by atoms with Crippen molar-refractivity contribution in [3.8, 4) is 0 Å². The van der Waals surface area contributed by atoms with Crippen LogP contribution in [0.4, 0.5) is 5.69 Å². The highest BCUT2D eigenvalue weighted by Crippen LogP contribution is 2.03. The molecule has 3 heteroatoms. The van der Waals surface area contributed by atoms with E-state index in [0.717, 1.165) is 5.69 Å². The molecule has 0 saturated carbocycles. The number of para-hydroxylation sites is 1. The Hall–Kier alpha value is -1.06. The quantitative estimate of drug-likeness (QED) is 0.534. The van der Waals surface area contributed by atoms with Crippen molar-refractivity contribution >= 4 is 5.69 Å². The summed E-state index contributed by atoms with van der Waals surface area (Å²) in [4.78, 5) is 5.09. The lowest BCUT2D eigenvalue weighted by Crippen LogP contribution is -2.07. The molecule has 0 saturated heterocycles. The number of hydrogen-bond donors (Lipinski definition) is 1. The van der Waals surface area contributed by atoms with Gasteiger partial charge in [0.25, 0.3) is 0 Å². The topological polar surface area (TPSA) is 30.5 Å². The Morgan fingerprint density at radius 1 is 1.17 bits per heavy atom. The molecule has 0 unspecified atom stereocenters. The van der Waals surface area contributed by atoms with Gasteiger partial charge in [-0.2, -0.15) is 0 Å². The van der Waals surface area contributed by atoms with E-state index in [1.54, 1.807) is 7.11 Å². The van der Waals surface area contributed by atoms with Gasteiger partial charge in [0.2, 0.25) is 0 Å². The van der Waals surface area contributed by atoms with Crippen LogP contribution in [0.3, 0.4) is 0 Å². The number of hydrogen-bond acceptors (Lipinski definition) is 3. The Morgan fingerprint density at radius 3 is 2.58 bits per heavy atom. The molecule has 0 aliphatic carbocycles. The molecular formula is C9H13NO2. The minimum atomic E-state index is 0.547. The maximum absolute atomic E-state index is 5.09. The fraction of sp³-hybridized carbons (Fsp3) is 0.333. The molecule has 0 heterocycles. The van der Waals surface area contributed by atoms with Gasteiger partial charge in [0, 0.05) is 7.11 Å². The van der Waals surface area contributed by atoms with Gasteiger partial charge in [-0.1, -0.05) is 18.2 Å². The van der Waals surface area contributed by atoms with Crippen LogP contribution >= 0.6 is 0 Å². The van der Waals surface area contributed by atoms with Crippen molar-refractivity contribution in [2.75, 3.05) is 25.8 Å². The Bertz CT molecular complexity index is 201. The molecule has 1 N–H and O–H groups in total. The SMILES string of the molecule is COCCONc1ccccc1. The van der Waals surface area contributed by atoms with Crippen molar-refractivity contribution in [2.24, 2.45) is 0 Å². The monoisotopic (exact) mass is 167 g/mol. The smallest absolute Gasteiger partial charge is 0.0979 e. The summed E-state index contributed by atoms with van der Waals surface area (Å²) in [7, 11) is 1.64. The molecule has 1 aromatic rings. The van der Waals surface area contributed by atoms with Gasteiger partial charge in [-0.05, 0) is 12.1 Å². The number of rotatable bonds is 5. The Labute approximate surface area is 72.3 Å². The maximum Gasteiger partial charge on any atom is 0.0979 e. The van der Waals surface area contributed by atoms with Crippen LogP contribution in [0, 0.1) is 0 Å². The summed E-state index contributed by atoms with van der Waals surface area (Å²) in [5, 5.41) is 0. The largest absolute Gasteiger partial charge is 0.382 e. The standard InChI is InChI=1S/C9H13NO2/c1-11-7-8-12-10-9-5-3-2-4-6-9/h2-6,10H,7-8H2,1H3. The van der Waals surface area contributed by atoms with Crippen LogP contribution < -0.4 is 5.48 Å². The van der Waals surface area contributed by atoms with E-state index in [9.17, 15) is 0 Å². The summed E-state index contributed by atoms with van der Waals surface area (Å²) in [6, 6.07) is 9.73. The average molecular weight is 167 g/mol. The molecule has 1 aromatic carbocycles. The van der Waals surface area contributed by atoms with E-state index >= 15 is 0 Å². The molecule has 3 nitrogen and oxygen atoms in total. The number of methoxy groups -OCH3 is 1. The van der Waals surface area contributed by atoms with Gasteiger partial charge < -0.3 is 4.74 Å².